The van der Waals surface area contributed by atoms with Gasteiger partial charge in [-0.3, -0.25) is 0 Å². The summed E-state index contributed by atoms with van der Waals surface area (Å²) in [5.41, 5.74) is 0.935. The van der Waals surface area contributed by atoms with Gasteiger partial charge in [0.1, 0.15) is 6.61 Å². The molecule has 1 aliphatic rings. The first kappa shape index (κ1) is 14.2. The number of rotatable bonds is 7. The molecular formula is C14H23N3O2. The van der Waals surface area contributed by atoms with Gasteiger partial charge >= 0.3 is 0 Å². The molecule has 0 amide bonds. The van der Waals surface area contributed by atoms with Crippen LogP contribution in [-0.2, 0) is 11.3 Å². The molecule has 1 saturated heterocycles. The van der Waals surface area contributed by atoms with Crippen LogP contribution < -0.4 is 10.1 Å². The second kappa shape index (κ2) is 7.40. The molecule has 5 heteroatoms. The molecule has 0 bridgehead atoms. The first-order valence-electron chi connectivity index (χ1n) is 7.02. The van der Waals surface area contributed by atoms with Crippen LogP contribution in [0.25, 0.3) is 0 Å². The van der Waals surface area contributed by atoms with E-state index in [1.165, 1.54) is 0 Å². The lowest BCUT2D eigenvalue weighted by atomic mass is 10.2. The van der Waals surface area contributed by atoms with Gasteiger partial charge in [-0.15, -0.1) is 5.10 Å². The Morgan fingerprint density at radius 2 is 2.32 bits per heavy atom. The van der Waals surface area contributed by atoms with E-state index < -0.39 is 0 Å². The van der Waals surface area contributed by atoms with Gasteiger partial charge in [0.25, 0.3) is 0 Å². The fourth-order valence-corrected chi connectivity index (χ4v) is 1.96. The van der Waals surface area contributed by atoms with E-state index >= 15 is 0 Å². The van der Waals surface area contributed by atoms with Crippen molar-refractivity contribution >= 4 is 0 Å². The number of aromatic nitrogens is 2. The van der Waals surface area contributed by atoms with Gasteiger partial charge < -0.3 is 14.8 Å². The van der Waals surface area contributed by atoms with E-state index in [0.29, 0.717) is 18.4 Å². The third kappa shape index (κ3) is 5.12. The van der Waals surface area contributed by atoms with Gasteiger partial charge in [-0.05, 0) is 31.4 Å². The molecule has 1 fully saturated rings. The van der Waals surface area contributed by atoms with Crippen molar-refractivity contribution in [3.63, 3.8) is 0 Å². The van der Waals surface area contributed by atoms with E-state index in [1.807, 2.05) is 12.1 Å². The summed E-state index contributed by atoms with van der Waals surface area (Å²) in [6, 6.07) is 3.82. The van der Waals surface area contributed by atoms with E-state index in [2.05, 4.69) is 29.4 Å². The van der Waals surface area contributed by atoms with Crippen molar-refractivity contribution in [2.75, 3.05) is 19.8 Å². The minimum absolute atomic E-state index is 0.217. The zero-order valence-corrected chi connectivity index (χ0v) is 11.8. The Hall–Kier alpha value is -1.20. The summed E-state index contributed by atoms with van der Waals surface area (Å²) >= 11 is 0. The summed E-state index contributed by atoms with van der Waals surface area (Å²) in [6.07, 6.45) is 2.42. The van der Waals surface area contributed by atoms with Crippen molar-refractivity contribution < 1.29 is 9.47 Å². The molecule has 106 valence electrons. The van der Waals surface area contributed by atoms with Gasteiger partial charge in [0, 0.05) is 19.2 Å². The van der Waals surface area contributed by atoms with E-state index in [1.54, 1.807) is 0 Å². The van der Waals surface area contributed by atoms with Gasteiger partial charge in [-0.25, -0.2) is 0 Å². The number of hydrogen-bond acceptors (Lipinski definition) is 5. The van der Waals surface area contributed by atoms with E-state index in [9.17, 15) is 0 Å². The predicted octanol–water partition coefficient (Wildman–Crippen LogP) is 1.78. The Morgan fingerprint density at radius 1 is 1.42 bits per heavy atom. The maximum Gasteiger partial charge on any atom is 0.233 e. The van der Waals surface area contributed by atoms with Crippen LogP contribution in [0, 0.1) is 5.92 Å². The molecule has 2 heterocycles. The Balaban J connectivity index is 1.71. The highest BCUT2D eigenvalue weighted by Gasteiger charge is 2.16. The molecule has 0 aliphatic carbocycles. The average Bonchev–Trinajstić information content (AvgIpc) is 2.90. The zero-order chi connectivity index (χ0) is 13.5. The van der Waals surface area contributed by atoms with Crippen LogP contribution in [-0.4, -0.2) is 36.1 Å². The molecule has 0 aromatic carbocycles. The maximum atomic E-state index is 5.57. The number of ether oxygens (including phenoxy) is 2. The van der Waals surface area contributed by atoms with Crippen LogP contribution in [0.2, 0.25) is 0 Å². The largest absolute Gasteiger partial charge is 0.474 e. The minimum atomic E-state index is 0.217. The molecule has 1 atom stereocenters. The monoisotopic (exact) mass is 265 g/mol. The SMILES string of the molecule is CC(C)CNCc1ccc(OCC2CCCO2)nn1. The lowest BCUT2D eigenvalue weighted by Gasteiger charge is -2.10. The fourth-order valence-electron chi connectivity index (χ4n) is 1.96. The minimum Gasteiger partial charge on any atom is -0.474 e. The summed E-state index contributed by atoms with van der Waals surface area (Å²) in [7, 11) is 0. The number of nitrogens with zero attached hydrogens (tertiary/aromatic N) is 2. The molecule has 0 spiro atoms. The van der Waals surface area contributed by atoms with E-state index in [0.717, 1.165) is 38.2 Å². The summed E-state index contributed by atoms with van der Waals surface area (Å²) < 4.78 is 11.1. The van der Waals surface area contributed by atoms with Crippen LogP contribution in [0.4, 0.5) is 0 Å². The summed E-state index contributed by atoms with van der Waals surface area (Å²) in [5, 5.41) is 11.5. The maximum absolute atomic E-state index is 5.57. The van der Waals surface area contributed by atoms with Crippen molar-refractivity contribution in [2.45, 2.75) is 39.3 Å². The predicted molar refractivity (Wildman–Crippen MR) is 73.0 cm³/mol. The normalized spacial score (nSPS) is 19.0. The fraction of sp³-hybridized carbons (Fsp3) is 0.714. The summed E-state index contributed by atoms with van der Waals surface area (Å²) in [5.74, 6) is 1.21. The third-order valence-corrected chi connectivity index (χ3v) is 3.00. The molecule has 1 aromatic heterocycles. The van der Waals surface area contributed by atoms with Gasteiger partial charge in [0.2, 0.25) is 5.88 Å². The van der Waals surface area contributed by atoms with Crippen LogP contribution in [0.15, 0.2) is 12.1 Å². The highest BCUT2D eigenvalue weighted by atomic mass is 16.5. The van der Waals surface area contributed by atoms with E-state index in [-0.39, 0.29) is 6.10 Å². The molecule has 5 nitrogen and oxygen atoms in total. The van der Waals surface area contributed by atoms with Crippen molar-refractivity contribution in [3.05, 3.63) is 17.8 Å². The zero-order valence-electron chi connectivity index (χ0n) is 11.8. The van der Waals surface area contributed by atoms with Crippen molar-refractivity contribution in [3.8, 4) is 5.88 Å². The van der Waals surface area contributed by atoms with Crippen LogP contribution in [0.1, 0.15) is 32.4 Å². The summed E-state index contributed by atoms with van der Waals surface area (Å²) in [4.78, 5) is 0. The highest BCUT2D eigenvalue weighted by Crippen LogP contribution is 2.13. The Kier molecular flexibility index (Phi) is 5.54. The first-order valence-corrected chi connectivity index (χ1v) is 7.02. The Morgan fingerprint density at radius 3 is 2.95 bits per heavy atom. The molecule has 0 radical (unpaired) electrons. The second-order valence-electron chi connectivity index (χ2n) is 5.33. The van der Waals surface area contributed by atoms with Crippen molar-refractivity contribution in [2.24, 2.45) is 5.92 Å². The third-order valence-electron chi connectivity index (χ3n) is 3.00. The molecule has 0 saturated carbocycles. The van der Waals surface area contributed by atoms with E-state index in [4.69, 9.17) is 9.47 Å². The van der Waals surface area contributed by atoms with Gasteiger partial charge in [-0.1, -0.05) is 13.8 Å². The average molecular weight is 265 g/mol. The lowest BCUT2D eigenvalue weighted by Crippen LogP contribution is -2.20. The van der Waals surface area contributed by atoms with Gasteiger partial charge in [-0.2, -0.15) is 5.10 Å². The van der Waals surface area contributed by atoms with Crippen LogP contribution in [0.5, 0.6) is 5.88 Å². The second-order valence-corrected chi connectivity index (χ2v) is 5.33. The molecule has 1 unspecified atom stereocenters. The van der Waals surface area contributed by atoms with Crippen molar-refractivity contribution in [1.29, 1.82) is 0 Å². The molecule has 1 aliphatic heterocycles. The molecule has 19 heavy (non-hydrogen) atoms. The number of nitrogens with one attached hydrogen (secondary N) is 1. The molecule has 2 rings (SSSR count). The molecular weight excluding hydrogens is 242 g/mol. The molecule has 1 N–H and O–H groups in total. The molecule has 1 aromatic rings. The van der Waals surface area contributed by atoms with Crippen molar-refractivity contribution in [1.82, 2.24) is 15.5 Å². The smallest absolute Gasteiger partial charge is 0.233 e. The standard InChI is InChI=1S/C14H23N3O2/c1-11(2)8-15-9-12-5-6-14(17-16-12)19-10-13-4-3-7-18-13/h5-6,11,13,15H,3-4,7-10H2,1-2H3. The Labute approximate surface area is 114 Å². The topological polar surface area (TPSA) is 56.3 Å². The van der Waals surface area contributed by atoms with Gasteiger partial charge in [0.15, 0.2) is 0 Å². The quantitative estimate of drug-likeness (QED) is 0.814. The van der Waals surface area contributed by atoms with Crippen LogP contribution in [0.3, 0.4) is 0 Å². The first-order chi connectivity index (χ1) is 9.24. The lowest BCUT2D eigenvalue weighted by molar-refractivity contribution is 0.0659. The summed E-state index contributed by atoms with van der Waals surface area (Å²) in [6.45, 7) is 7.51. The highest BCUT2D eigenvalue weighted by molar-refractivity contribution is 5.11. The van der Waals surface area contributed by atoms with Gasteiger partial charge in [0.05, 0.1) is 11.8 Å². The number of hydrogen-bond donors (Lipinski definition) is 1. The van der Waals surface area contributed by atoms with Crippen LogP contribution >= 0.6 is 0 Å². The Bertz CT molecular complexity index is 361.